The second kappa shape index (κ2) is 5.13. The van der Waals surface area contributed by atoms with Crippen molar-refractivity contribution in [1.82, 2.24) is 0 Å². The Bertz CT molecular complexity index is 481. The number of anilines is 2. The van der Waals surface area contributed by atoms with Gasteiger partial charge in [0, 0.05) is 50.7 Å². The Morgan fingerprint density at radius 1 is 0.556 bits per heavy atom. The molecule has 0 bridgehead atoms. The summed E-state index contributed by atoms with van der Waals surface area (Å²) in [4.78, 5) is 4.31. The van der Waals surface area contributed by atoms with Crippen molar-refractivity contribution in [2.45, 2.75) is 0 Å². The molecule has 0 N–H and O–H groups in total. The van der Waals surface area contributed by atoms with Crippen LogP contribution in [0.2, 0.25) is 0 Å². The van der Waals surface area contributed by atoms with E-state index in [1.165, 1.54) is 22.5 Å². The van der Waals surface area contributed by atoms with E-state index < -0.39 is 0 Å². The summed E-state index contributed by atoms with van der Waals surface area (Å²) in [6.07, 6.45) is 0. The third-order valence-corrected chi connectivity index (χ3v) is 3.06. The van der Waals surface area contributed by atoms with Gasteiger partial charge in [0.05, 0.1) is 0 Å². The van der Waals surface area contributed by atoms with Crippen molar-refractivity contribution < 1.29 is 0 Å². The van der Waals surface area contributed by atoms with Crippen LogP contribution in [0.3, 0.4) is 0 Å². The zero-order valence-corrected chi connectivity index (χ0v) is 11.5. The largest absolute Gasteiger partial charge is 0.377 e. The van der Waals surface area contributed by atoms with Crippen LogP contribution in [0, 0.1) is 0 Å². The predicted molar refractivity (Wildman–Crippen MR) is 80.5 cm³/mol. The summed E-state index contributed by atoms with van der Waals surface area (Å²) in [6.45, 7) is 0. The Kier molecular flexibility index (Phi) is 3.56. The van der Waals surface area contributed by atoms with Crippen LogP contribution < -0.4 is 9.80 Å². The van der Waals surface area contributed by atoms with E-state index in [0.29, 0.717) is 0 Å². The summed E-state index contributed by atoms with van der Waals surface area (Å²) in [5.74, 6) is 0. The molecule has 0 heterocycles. The number of rotatable bonds is 3. The van der Waals surface area contributed by atoms with Gasteiger partial charge >= 0.3 is 0 Å². The van der Waals surface area contributed by atoms with E-state index in [4.69, 9.17) is 0 Å². The summed E-state index contributed by atoms with van der Waals surface area (Å²) in [5, 5.41) is 0. The molecule has 0 saturated heterocycles. The van der Waals surface area contributed by atoms with Crippen LogP contribution in [-0.2, 0) is 0 Å². The van der Waals surface area contributed by atoms with Gasteiger partial charge in [-0.25, -0.2) is 0 Å². The Labute approximate surface area is 109 Å². The monoisotopic (exact) mass is 240 g/mol. The lowest BCUT2D eigenvalue weighted by Gasteiger charge is -2.22. The maximum absolute atomic E-state index is 2.18. The van der Waals surface area contributed by atoms with Gasteiger partial charge < -0.3 is 9.80 Å². The normalized spacial score (nSPS) is 10.2. The smallest absolute Gasteiger partial charge is 0.0441 e. The summed E-state index contributed by atoms with van der Waals surface area (Å²) in [5.41, 5.74) is 5.03. The first-order chi connectivity index (χ1) is 8.61. The highest BCUT2D eigenvalue weighted by Gasteiger charge is 2.10. The molecular weight excluding hydrogens is 220 g/mol. The fraction of sp³-hybridized carbons (Fsp3) is 0.250. The van der Waals surface area contributed by atoms with Crippen molar-refractivity contribution in [1.29, 1.82) is 0 Å². The van der Waals surface area contributed by atoms with E-state index in [0.717, 1.165) is 0 Å². The summed E-state index contributed by atoms with van der Waals surface area (Å²) in [7, 11) is 8.32. The van der Waals surface area contributed by atoms with Crippen LogP contribution in [0.4, 0.5) is 11.4 Å². The van der Waals surface area contributed by atoms with Gasteiger partial charge in [-0.3, -0.25) is 0 Å². The average molecular weight is 240 g/mol. The van der Waals surface area contributed by atoms with E-state index in [2.05, 4.69) is 86.5 Å². The molecule has 0 radical (unpaired) electrons. The van der Waals surface area contributed by atoms with Crippen LogP contribution in [-0.4, -0.2) is 28.2 Å². The maximum Gasteiger partial charge on any atom is 0.0441 e. The van der Waals surface area contributed by atoms with Crippen LogP contribution in [0.15, 0.2) is 48.5 Å². The fourth-order valence-corrected chi connectivity index (χ4v) is 2.18. The Balaban J connectivity index is 2.62. The molecule has 0 saturated carbocycles. The molecule has 0 atom stereocenters. The fourth-order valence-electron chi connectivity index (χ4n) is 2.18. The first-order valence-corrected chi connectivity index (χ1v) is 6.14. The summed E-state index contributed by atoms with van der Waals surface area (Å²) >= 11 is 0. The van der Waals surface area contributed by atoms with Gasteiger partial charge in [-0.1, -0.05) is 36.4 Å². The molecule has 94 valence electrons. The number of para-hydroxylation sites is 2. The molecule has 2 rings (SSSR count). The minimum atomic E-state index is 1.24. The highest BCUT2D eigenvalue weighted by molar-refractivity contribution is 5.86. The number of hydrogen-bond donors (Lipinski definition) is 0. The van der Waals surface area contributed by atoms with Crippen molar-refractivity contribution in [3.8, 4) is 11.1 Å². The third kappa shape index (κ3) is 2.33. The molecule has 2 aromatic carbocycles. The van der Waals surface area contributed by atoms with Gasteiger partial charge in [0.25, 0.3) is 0 Å². The number of hydrogen-bond acceptors (Lipinski definition) is 2. The minimum absolute atomic E-state index is 1.24. The molecule has 0 amide bonds. The van der Waals surface area contributed by atoms with Gasteiger partial charge in [0.2, 0.25) is 0 Å². The molecule has 2 heteroatoms. The molecular formula is C16H20N2. The molecule has 0 aliphatic carbocycles. The zero-order valence-electron chi connectivity index (χ0n) is 11.5. The van der Waals surface area contributed by atoms with E-state index in [1.807, 2.05) is 0 Å². The number of benzene rings is 2. The van der Waals surface area contributed by atoms with Gasteiger partial charge in [-0.15, -0.1) is 0 Å². The quantitative estimate of drug-likeness (QED) is 0.810. The first-order valence-electron chi connectivity index (χ1n) is 6.14. The van der Waals surface area contributed by atoms with Crippen molar-refractivity contribution in [2.75, 3.05) is 38.0 Å². The SMILES string of the molecule is CN(C)c1ccccc1-c1ccccc1N(C)C. The topological polar surface area (TPSA) is 6.48 Å². The van der Waals surface area contributed by atoms with E-state index in [1.54, 1.807) is 0 Å². The number of nitrogens with zero attached hydrogens (tertiary/aromatic N) is 2. The Hall–Kier alpha value is -1.96. The predicted octanol–water partition coefficient (Wildman–Crippen LogP) is 3.49. The summed E-state index contributed by atoms with van der Waals surface area (Å²) in [6, 6.07) is 17.0. The second-order valence-electron chi connectivity index (χ2n) is 4.82. The van der Waals surface area contributed by atoms with E-state index in [-0.39, 0.29) is 0 Å². The minimum Gasteiger partial charge on any atom is -0.377 e. The van der Waals surface area contributed by atoms with Crippen molar-refractivity contribution in [3.63, 3.8) is 0 Å². The van der Waals surface area contributed by atoms with Crippen LogP contribution in [0.1, 0.15) is 0 Å². The second-order valence-corrected chi connectivity index (χ2v) is 4.82. The van der Waals surface area contributed by atoms with E-state index >= 15 is 0 Å². The van der Waals surface area contributed by atoms with Gasteiger partial charge in [-0.2, -0.15) is 0 Å². The third-order valence-electron chi connectivity index (χ3n) is 3.06. The lowest BCUT2D eigenvalue weighted by molar-refractivity contribution is 1.12. The highest BCUT2D eigenvalue weighted by atomic mass is 15.1. The lowest BCUT2D eigenvalue weighted by atomic mass is 10.0. The molecule has 18 heavy (non-hydrogen) atoms. The van der Waals surface area contributed by atoms with Crippen molar-refractivity contribution in [3.05, 3.63) is 48.5 Å². The van der Waals surface area contributed by atoms with Gasteiger partial charge in [0.1, 0.15) is 0 Å². The molecule has 2 nitrogen and oxygen atoms in total. The standard InChI is InChI=1S/C16H20N2/c1-17(2)15-11-7-5-9-13(15)14-10-6-8-12-16(14)18(3)4/h5-12H,1-4H3. The molecule has 2 aromatic rings. The molecule has 0 aliphatic rings. The molecule has 0 aromatic heterocycles. The van der Waals surface area contributed by atoms with Crippen molar-refractivity contribution >= 4 is 11.4 Å². The zero-order chi connectivity index (χ0) is 13.1. The highest BCUT2D eigenvalue weighted by Crippen LogP contribution is 2.35. The van der Waals surface area contributed by atoms with Crippen LogP contribution in [0.5, 0.6) is 0 Å². The average Bonchev–Trinajstić information content (AvgIpc) is 2.38. The molecule has 0 fully saturated rings. The molecule has 0 aliphatic heterocycles. The van der Waals surface area contributed by atoms with Gasteiger partial charge in [-0.05, 0) is 12.1 Å². The maximum atomic E-state index is 2.18. The Morgan fingerprint density at radius 2 is 0.889 bits per heavy atom. The molecule has 0 unspecified atom stereocenters. The van der Waals surface area contributed by atoms with Crippen LogP contribution >= 0.6 is 0 Å². The van der Waals surface area contributed by atoms with E-state index in [9.17, 15) is 0 Å². The summed E-state index contributed by atoms with van der Waals surface area (Å²) < 4.78 is 0. The van der Waals surface area contributed by atoms with Gasteiger partial charge in [0.15, 0.2) is 0 Å². The first kappa shape index (κ1) is 12.5. The van der Waals surface area contributed by atoms with Crippen LogP contribution in [0.25, 0.3) is 11.1 Å². The lowest BCUT2D eigenvalue weighted by Crippen LogP contribution is -2.12. The molecule has 0 spiro atoms. The Morgan fingerprint density at radius 3 is 1.22 bits per heavy atom. The van der Waals surface area contributed by atoms with Crippen molar-refractivity contribution in [2.24, 2.45) is 0 Å².